The Hall–Kier alpha value is -3.82. The predicted octanol–water partition coefficient (Wildman–Crippen LogP) is 9.50. The number of benzene rings is 1. The minimum absolute atomic E-state index is 0.0109. The monoisotopic (exact) mass is 716 g/mol. The van der Waals surface area contributed by atoms with Gasteiger partial charge < -0.3 is 9.68 Å². The third-order valence-corrected chi connectivity index (χ3v) is 11.3. The SMILES string of the molecule is C/C=C(\C)NOC(=NC1CCCCC1)N(C(=O)c1ccc(C(=O)N(C(=NC2CCCCC2)ON/C(C)=C/C)C2CCCCC2)cc1)C1CCCCC1. The molecule has 0 bridgehead atoms. The van der Waals surface area contributed by atoms with Crippen molar-refractivity contribution in [2.24, 2.45) is 9.98 Å². The van der Waals surface area contributed by atoms with Gasteiger partial charge in [-0.2, -0.15) is 0 Å². The number of amides is 2. The second-order valence-electron chi connectivity index (χ2n) is 15.3. The summed E-state index contributed by atoms with van der Waals surface area (Å²) < 4.78 is 0. The van der Waals surface area contributed by atoms with Gasteiger partial charge in [-0.05, 0) is 103 Å². The molecule has 1 aromatic rings. The molecule has 286 valence electrons. The fourth-order valence-corrected chi connectivity index (χ4v) is 7.91. The fraction of sp³-hybridized carbons (Fsp3) is 0.667. The Morgan fingerprint density at radius 2 is 0.865 bits per heavy atom. The Morgan fingerprint density at radius 3 is 1.17 bits per heavy atom. The van der Waals surface area contributed by atoms with Crippen LogP contribution in [0.15, 0.2) is 57.8 Å². The van der Waals surface area contributed by atoms with Crippen LogP contribution in [0.25, 0.3) is 0 Å². The largest absolute Gasteiger partial charge is 0.343 e. The molecule has 10 nitrogen and oxygen atoms in total. The first-order valence-corrected chi connectivity index (χ1v) is 20.4. The summed E-state index contributed by atoms with van der Waals surface area (Å²) in [6.45, 7) is 7.77. The molecule has 0 aromatic heterocycles. The molecular formula is C42H64N6O4. The van der Waals surface area contributed by atoms with Crippen molar-refractivity contribution < 1.29 is 19.3 Å². The van der Waals surface area contributed by atoms with Crippen LogP contribution < -0.4 is 11.0 Å². The maximum Gasteiger partial charge on any atom is 0.322 e. The Labute approximate surface area is 312 Å². The Morgan fingerprint density at radius 1 is 0.558 bits per heavy atom. The van der Waals surface area contributed by atoms with E-state index in [1.165, 1.54) is 12.8 Å². The van der Waals surface area contributed by atoms with Crippen LogP contribution in [0.5, 0.6) is 0 Å². The van der Waals surface area contributed by atoms with Gasteiger partial charge in [0.05, 0.1) is 12.1 Å². The smallest absolute Gasteiger partial charge is 0.322 e. The van der Waals surface area contributed by atoms with Crippen molar-refractivity contribution in [2.75, 3.05) is 0 Å². The van der Waals surface area contributed by atoms with Gasteiger partial charge in [0.15, 0.2) is 0 Å². The first kappa shape index (κ1) is 39.4. The van der Waals surface area contributed by atoms with Gasteiger partial charge in [-0.3, -0.25) is 19.4 Å². The maximum atomic E-state index is 14.6. The summed E-state index contributed by atoms with van der Waals surface area (Å²) in [5.74, 6) is -0.308. The normalized spacial score (nSPS) is 21.0. The molecule has 0 radical (unpaired) electrons. The summed E-state index contributed by atoms with van der Waals surface area (Å²) in [5, 5.41) is 0. The molecule has 0 saturated heterocycles. The molecule has 0 unspecified atom stereocenters. The van der Waals surface area contributed by atoms with Crippen molar-refractivity contribution in [3.8, 4) is 0 Å². The number of carbonyl (C=O) groups is 2. The molecule has 2 amide bonds. The molecule has 10 heteroatoms. The number of rotatable bonds is 10. The van der Waals surface area contributed by atoms with Gasteiger partial charge >= 0.3 is 12.0 Å². The molecule has 0 aliphatic heterocycles. The summed E-state index contributed by atoms with van der Waals surface area (Å²) in [5.41, 5.74) is 8.78. The Balaban J connectivity index is 1.45. The van der Waals surface area contributed by atoms with Crippen molar-refractivity contribution in [3.05, 3.63) is 58.9 Å². The van der Waals surface area contributed by atoms with Gasteiger partial charge in [0.2, 0.25) is 0 Å². The van der Waals surface area contributed by atoms with Gasteiger partial charge in [-0.1, -0.05) is 89.2 Å². The fourth-order valence-electron chi connectivity index (χ4n) is 7.91. The number of hydroxylamine groups is 2. The van der Waals surface area contributed by atoms with Crippen LogP contribution >= 0.6 is 0 Å². The van der Waals surface area contributed by atoms with E-state index < -0.39 is 0 Å². The first-order valence-electron chi connectivity index (χ1n) is 20.4. The molecular weight excluding hydrogens is 652 g/mol. The van der Waals surface area contributed by atoms with Crippen LogP contribution in [-0.2, 0) is 9.68 Å². The highest BCUT2D eigenvalue weighted by atomic mass is 16.7. The lowest BCUT2D eigenvalue weighted by Crippen LogP contribution is -2.49. The van der Waals surface area contributed by atoms with Gasteiger partial charge in [-0.15, -0.1) is 0 Å². The summed E-state index contributed by atoms with van der Waals surface area (Å²) in [6.07, 6.45) is 25.0. The number of nitrogens with one attached hydrogen (secondary N) is 2. The standard InChI is InChI=1S/C42H64N6O4/c1-5-31(3)45-51-41(43-35-19-11-7-12-20-35)47(37-23-15-9-16-24-37)39(49)33-27-29-34(30-28-33)40(50)48(38-25-17-10-18-26-38)42(52-46-32(4)6-2)44-36-21-13-8-14-22-36/h5-6,27-30,35-38,45-46H,7-26H2,1-4H3/b31-5+,32-6+,43-41?,44-42?. The van der Waals surface area contributed by atoms with Crippen molar-refractivity contribution in [3.63, 3.8) is 0 Å². The van der Waals surface area contributed by atoms with Crippen LogP contribution in [0.2, 0.25) is 0 Å². The third-order valence-electron chi connectivity index (χ3n) is 11.3. The number of hydrogen-bond acceptors (Lipinski definition) is 8. The molecule has 4 saturated carbocycles. The molecule has 4 fully saturated rings. The van der Waals surface area contributed by atoms with E-state index in [9.17, 15) is 9.59 Å². The van der Waals surface area contributed by atoms with E-state index in [-0.39, 0.29) is 36.0 Å². The zero-order valence-electron chi connectivity index (χ0n) is 32.3. The van der Waals surface area contributed by atoms with E-state index in [1.54, 1.807) is 34.1 Å². The molecule has 4 aliphatic rings. The Kier molecular flexibility index (Phi) is 15.5. The molecule has 0 atom stereocenters. The molecule has 52 heavy (non-hydrogen) atoms. The zero-order chi connectivity index (χ0) is 36.7. The zero-order valence-corrected chi connectivity index (χ0v) is 32.3. The highest BCUT2D eigenvalue weighted by Crippen LogP contribution is 2.29. The van der Waals surface area contributed by atoms with Crippen molar-refractivity contribution in [2.45, 2.75) is 180 Å². The molecule has 4 aliphatic carbocycles. The lowest BCUT2D eigenvalue weighted by atomic mass is 9.93. The Bertz CT molecular complexity index is 1310. The average molecular weight is 717 g/mol. The minimum Gasteiger partial charge on any atom is -0.343 e. The lowest BCUT2D eigenvalue weighted by Gasteiger charge is -2.35. The highest BCUT2D eigenvalue weighted by Gasteiger charge is 2.35. The van der Waals surface area contributed by atoms with Crippen LogP contribution in [0.1, 0.15) is 177 Å². The van der Waals surface area contributed by atoms with Crippen molar-refractivity contribution in [1.29, 1.82) is 0 Å². The predicted molar refractivity (Wildman–Crippen MR) is 208 cm³/mol. The van der Waals surface area contributed by atoms with Gasteiger partial charge in [0, 0.05) is 34.6 Å². The van der Waals surface area contributed by atoms with E-state index >= 15 is 0 Å². The first-order chi connectivity index (χ1) is 25.4. The van der Waals surface area contributed by atoms with Crippen LogP contribution in [0, 0.1) is 0 Å². The van der Waals surface area contributed by atoms with E-state index in [0.29, 0.717) is 23.2 Å². The third kappa shape index (κ3) is 11.1. The highest BCUT2D eigenvalue weighted by molar-refractivity contribution is 6.07. The quantitative estimate of drug-likeness (QED) is 0.142. The van der Waals surface area contributed by atoms with Gasteiger partial charge in [0.25, 0.3) is 11.8 Å². The number of nitrogens with zero attached hydrogens (tertiary/aromatic N) is 4. The number of amidine groups is 2. The minimum atomic E-state index is -0.154. The lowest BCUT2D eigenvalue weighted by molar-refractivity contribution is 0.0657. The van der Waals surface area contributed by atoms with E-state index in [2.05, 4.69) is 11.0 Å². The topological polar surface area (TPSA) is 108 Å². The number of carbonyl (C=O) groups excluding carboxylic acids is 2. The second kappa shape index (κ2) is 20.4. The molecule has 5 rings (SSSR count). The summed E-state index contributed by atoms with van der Waals surface area (Å²) >= 11 is 0. The second-order valence-corrected chi connectivity index (χ2v) is 15.3. The summed E-state index contributed by atoms with van der Waals surface area (Å²) in [7, 11) is 0. The molecule has 2 N–H and O–H groups in total. The van der Waals surface area contributed by atoms with Crippen LogP contribution in [-0.4, -0.2) is 57.8 Å². The van der Waals surface area contributed by atoms with E-state index in [0.717, 1.165) is 127 Å². The summed E-state index contributed by atoms with van der Waals surface area (Å²) in [4.78, 5) is 55.4. The molecule has 0 heterocycles. The molecule has 0 spiro atoms. The van der Waals surface area contributed by atoms with E-state index in [4.69, 9.17) is 19.7 Å². The van der Waals surface area contributed by atoms with Gasteiger partial charge in [0.1, 0.15) is 0 Å². The average Bonchev–Trinajstić information content (AvgIpc) is 3.20. The maximum absolute atomic E-state index is 14.6. The van der Waals surface area contributed by atoms with E-state index in [1.807, 2.05) is 39.8 Å². The number of allylic oxidation sites excluding steroid dienone is 4. The molecule has 1 aromatic carbocycles. The summed E-state index contributed by atoms with van der Waals surface area (Å²) in [6, 6.07) is 8.06. The van der Waals surface area contributed by atoms with Gasteiger partial charge in [-0.25, -0.2) is 20.9 Å². The van der Waals surface area contributed by atoms with Crippen molar-refractivity contribution in [1.82, 2.24) is 20.8 Å². The van der Waals surface area contributed by atoms with Crippen LogP contribution in [0.3, 0.4) is 0 Å². The number of hydrogen-bond donors (Lipinski definition) is 2. The van der Waals surface area contributed by atoms with Crippen molar-refractivity contribution >= 4 is 23.9 Å². The van der Waals surface area contributed by atoms with Crippen LogP contribution in [0.4, 0.5) is 0 Å². The number of aliphatic imine (C=N–C) groups is 2.